The van der Waals surface area contributed by atoms with E-state index in [9.17, 15) is 0 Å². The van der Waals surface area contributed by atoms with Crippen LogP contribution in [-0.4, -0.2) is 36.2 Å². The average molecular weight is 213 g/mol. The highest BCUT2D eigenvalue weighted by Gasteiger charge is 2.27. The van der Waals surface area contributed by atoms with Crippen molar-refractivity contribution in [1.82, 2.24) is 4.90 Å². The molecule has 2 heteroatoms. The minimum atomic E-state index is 0.355. The van der Waals surface area contributed by atoms with E-state index < -0.39 is 0 Å². The molecule has 1 aliphatic heterocycles. The third kappa shape index (κ3) is 4.52. The zero-order chi connectivity index (χ0) is 11.1. The summed E-state index contributed by atoms with van der Waals surface area (Å²) in [5.74, 6) is 0. The standard InChI is InChI=1S/C13H27NO/c1-3-13(2)7-10-14(11-8-13)9-5-4-6-12-15/h15H,3-12H2,1-2H3. The van der Waals surface area contributed by atoms with Crippen LogP contribution in [0.4, 0.5) is 0 Å². The molecule has 0 aromatic rings. The van der Waals surface area contributed by atoms with Crippen LogP contribution < -0.4 is 0 Å². The smallest absolute Gasteiger partial charge is 0.0431 e. The summed E-state index contributed by atoms with van der Waals surface area (Å²) in [6.45, 7) is 8.90. The van der Waals surface area contributed by atoms with Crippen LogP contribution >= 0.6 is 0 Å². The summed E-state index contributed by atoms with van der Waals surface area (Å²) in [5, 5.41) is 8.69. The van der Waals surface area contributed by atoms with Gasteiger partial charge >= 0.3 is 0 Å². The van der Waals surface area contributed by atoms with Gasteiger partial charge in [0.2, 0.25) is 0 Å². The summed E-state index contributed by atoms with van der Waals surface area (Å²) in [4.78, 5) is 2.59. The first kappa shape index (κ1) is 13.0. The molecule has 0 atom stereocenters. The second-order valence-corrected chi connectivity index (χ2v) is 5.29. The summed E-state index contributed by atoms with van der Waals surface area (Å²) >= 11 is 0. The molecule has 0 unspecified atom stereocenters. The highest BCUT2D eigenvalue weighted by Crippen LogP contribution is 2.33. The highest BCUT2D eigenvalue weighted by atomic mass is 16.2. The number of hydrogen-bond acceptors (Lipinski definition) is 2. The lowest BCUT2D eigenvalue weighted by atomic mass is 9.78. The van der Waals surface area contributed by atoms with Gasteiger partial charge in [0.05, 0.1) is 0 Å². The third-order valence-electron chi connectivity index (χ3n) is 4.05. The van der Waals surface area contributed by atoms with Crippen molar-refractivity contribution < 1.29 is 5.11 Å². The number of nitrogens with zero attached hydrogens (tertiary/aromatic N) is 1. The van der Waals surface area contributed by atoms with E-state index in [4.69, 9.17) is 5.11 Å². The quantitative estimate of drug-likeness (QED) is 0.686. The number of unbranched alkanes of at least 4 members (excludes halogenated alkanes) is 2. The molecule has 1 saturated heterocycles. The Kier molecular flexibility index (Phi) is 5.62. The Morgan fingerprint density at radius 2 is 1.80 bits per heavy atom. The van der Waals surface area contributed by atoms with Gasteiger partial charge in [0, 0.05) is 6.61 Å². The molecule has 90 valence electrons. The molecule has 0 aromatic carbocycles. The van der Waals surface area contributed by atoms with Crippen molar-refractivity contribution in [3.63, 3.8) is 0 Å². The minimum Gasteiger partial charge on any atom is -0.396 e. The van der Waals surface area contributed by atoms with Crippen LogP contribution in [-0.2, 0) is 0 Å². The Morgan fingerprint density at radius 1 is 1.13 bits per heavy atom. The van der Waals surface area contributed by atoms with E-state index in [-0.39, 0.29) is 0 Å². The van der Waals surface area contributed by atoms with E-state index in [1.807, 2.05) is 0 Å². The maximum absolute atomic E-state index is 8.69. The number of likely N-dealkylation sites (tertiary alicyclic amines) is 1. The first-order valence-electron chi connectivity index (χ1n) is 6.53. The van der Waals surface area contributed by atoms with Gasteiger partial charge in [0.1, 0.15) is 0 Å². The van der Waals surface area contributed by atoms with Crippen molar-refractivity contribution in [3.05, 3.63) is 0 Å². The molecule has 0 spiro atoms. The Bertz CT molecular complexity index is 162. The second kappa shape index (κ2) is 6.49. The Hall–Kier alpha value is -0.0800. The zero-order valence-corrected chi connectivity index (χ0v) is 10.5. The van der Waals surface area contributed by atoms with E-state index in [0.29, 0.717) is 12.0 Å². The number of aliphatic hydroxyl groups is 1. The molecule has 0 radical (unpaired) electrons. The van der Waals surface area contributed by atoms with Crippen molar-refractivity contribution in [1.29, 1.82) is 0 Å². The second-order valence-electron chi connectivity index (χ2n) is 5.29. The van der Waals surface area contributed by atoms with Crippen molar-refractivity contribution in [2.45, 2.75) is 52.4 Å². The molecule has 0 aromatic heterocycles. The van der Waals surface area contributed by atoms with Crippen molar-refractivity contribution in [2.75, 3.05) is 26.2 Å². The number of aliphatic hydroxyl groups excluding tert-OH is 1. The Balaban J connectivity index is 2.09. The predicted molar refractivity (Wildman–Crippen MR) is 65.0 cm³/mol. The first-order chi connectivity index (χ1) is 7.20. The zero-order valence-electron chi connectivity index (χ0n) is 10.5. The van der Waals surface area contributed by atoms with Crippen LogP contribution in [0.1, 0.15) is 52.4 Å². The fourth-order valence-electron chi connectivity index (χ4n) is 2.29. The van der Waals surface area contributed by atoms with Crippen LogP contribution in [0.25, 0.3) is 0 Å². The van der Waals surface area contributed by atoms with Gasteiger partial charge in [-0.3, -0.25) is 0 Å². The first-order valence-corrected chi connectivity index (χ1v) is 6.53. The number of hydrogen-bond donors (Lipinski definition) is 1. The van der Waals surface area contributed by atoms with Gasteiger partial charge < -0.3 is 10.0 Å². The molecule has 0 bridgehead atoms. The van der Waals surface area contributed by atoms with Gasteiger partial charge in [-0.1, -0.05) is 20.3 Å². The normalized spacial score (nSPS) is 21.8. The summed E-state index contributed by atoms with van der Waals surface area (Å²) in [6, 6.07) is 0. The van der Waals surface area contributed by atoms with E-state index in [2.05, 4.69) is 18.7 Å². The Morgan fingerprint density at radius 3 is 2.33 bits per heavy atom. The van der Waals surface area contributed by atoms with Crippen molar-refractivity contribution in [2.24, 2.45) is 5.41 Å². The molecule has 2 nitrogen and oxygen atoms in total. The number of piperidine rings is 1. The van der Waals surface area contributed by atoms with E-state index in [1.165, 1.54) is 51.7 Å². The van der Waals surface area contributed by atoms with E-state index in [1.54, 1.807) is 0 Å². The lowest BCUT2D eigenvalue weighted by Crippen LogP contribution is -2.38. The summed E-state index contributed by atoms with van der Waals surface area (Å²) in [5.41, 5.74) is 0.613. The monoisotopic (exact) mass is 213 g/mol. The van der Waals surface area contributed by atoms with Crippen LogP contribution in [0.2, 0.25) is 0 Å². The van der Waals surface area contributed by atoms with E-state index >= 15 is 0 Å². The fourth-order valence-corrected chi connectivity index (χ4v) is 2.29. The van der Waals surface area contributed by atoms with Crippen LogP contribution in [0.15, 0.2) is 0 Å². The molecule has 1 fully saturated rings. The van der Waals surface area contributed by atoms with Crippen molar-refractivity contribution >= 4 is 0 Å². The van der Waals surface area contributed by atoms with Crippen LogP contribution in [0.3, 0.4) is 0 Å². The molecule has 1 rings (SSSR count). The van der Waals surface area contributed by atoms with E-state index in [0.717, 1.165) is 6.42 Å². The third-order valence-corrected chi connectivity index (χ3v) is 4.05. The van der Waals surface area contributed by atoms with Crippen LogP contribution in [0, 0.1) is 5.41 Å². The summed E-state index contributed by atoms with van der Waals surface area (Å²) in [7, 11) is 0. The lowest BCUT2D eigenvalue weighted by molar-refractivity contribution is 0.113. The molecule has 0 amide bonds. The minimum absolute atomic E-state index is 0.355. The molecule has 0 saturated carbocycles. The molecule has 1 heterocycles. The van der Waals surface area contributed by atoms with Gasteiger partial charge in [-0.05, 0) is 57.2 Å². The molecule has 15 heavy (non-hydrogen) atoms. The highest BCUT2D eigenvalue weighted by molar-refractivity contribution is 4.81. The van der Waals surface area contributed by atoms with Gasteiger partial charge in [-0.25, -0.2) is 0 Å². The molecular weight excluding hydrogens is 186 g/mol. The number of rotatable bonds is 6. The Labute approximate surface area is 94.7 Å². The average Bonchev–Trinajstić information content (AvgIpc) is 2.27. The predicted octanol–water partition coefficient (Wildman–Crippen LogP) is 2.66. The maximum atomic E-state index is 8.69. The molecule has 1 N–H and O–H groups in total. The SMILES string of the molecule is CCC1(C)CCN(CCCCCO)CC1. The summed E-state index contributed by atoms with van der Waals surface area (Å²) in [6.07, 6.45) is 7.46. The topological polar surface area (TPSA) is 23.5 Å². The largest absolute Gasteiger partial charge is 0.396 e. The maximum Gasteiger partial charge on any atom is 0.0431 e. The molecule has 1 aliphatic rings. The van der Waals surface area contributed by atoms with Gasteiger partial charge in [0.25, 0.3) is 0 Å². The van der Waals surface area contributed by atoms with Gasteiger partial charge in [-0.15, -0.1) is 0 Å². The van der Waals surface area contributed by atoms with Crippen molar-refractivity contribution in [3.8, 4) is 0 Å². The lowest BCUT2D eigenvalue weighted by Gasteiger charge is -2.38. The fraction of sp³-hybridized carbons (Fsp3) is 1.00. The van der Waals surface area contributed by atoms with Crippen LogP contribution in [0.5, 0.6) is 0 Å². The van der Waals surface area contributed by atoms with Gasteiger partial charge in [0.15, 0.2) is 0 Å². The summed E-state index contributed by atoms with van der Waals surface area (Å²) < 4.78 is 0. The van der Waals surface area contributed by atoms with Gasteiger partial charge in [-0.2, -0.15) is 0 Å². The molecular formula is C13H27NO. The molecule has 0 aliphatic carbocycles.